The number of carbonyl (C=O) groups is 1. The van der Waals surface area contributed by atoms with E-state index in [1.54, 1.807) is 0 Å². The zero-order valence-corrected chi connectivity index (χ0v) is 9.71. The van der Waals surface area contributed by atoms with E-state index in [2.05, 4.69) is 0 Å². The first kappa shape index (κ1) is 12.5. The number of hydrogen-bond donors (Lipinski definition) is 1. The molecule has 0 aliphatic heterocycles. The van der Waals surface area contributed by atoms with E-state index in [0.29, 0.717) is 0 Å². The van der Waals surface area contributed by atoms with Crippen LogP contribution >= 0.6 is 11.6 Å². The topological polar surface area (TPSA) is 37.3 Å². The van der Waals surface area contributed by atoms with Gasteiger partial charge in [0.15, 0.2) is 0 Å². The van der Waals surface area contributed by atoms with Gasteiger partial charge in [0.05, 0.1) is 11.1 Å². The van der Waals surface area contributed by atoms with Crippen molar-refractivity contribution >= 4 is 17.6 Å². The average molecular weight is 269 g/mol. The van der Waals surface area contributed by atoms with Crippen molar-refractivity contribution in [1.29, 1.82) is 0 Å². The molecule has 0 amide bonds. The predicted octanol–water partition coefficient (Wildman–Crippen LogP) is 3.98. The fraction of sp³-hybridized carbons (Fsp3) is 0. The number of hydrogen-bond acceptors (Lipinski definition) is 1. The van der Waals surface area contributed by atoms with Gasteiger partial charge in [-0.05, 0) is 30.3 Å². The summed E-state index contributed by atoms with van der Waals surface area (Å²) in [6.07, 6.45) is 0. The number of carboxylic acid groups (broad SMARTS) is 1. The van der Waals surface area contributed by atoms with Crippen molar-refractivity contribution in [1.82, 2.24) is 0 Å². The molecular weight excluding hydrogens is 262 g/mol. The second-order valence-electron chi connectivity index (χ2n) is 3.59. The summed E-state index contributed by atoms with van der Waals surface area (Å²) in [6, 6.07) is 7.13. The van der Waals surface area contributed by atoms with Crippen LogP contribution in [0.15, 0.2) is 36.4 Å². The molecule has 0 bridgehead atoms. The monoisotopic (exact) mass is 268 g/mol. The summed E-state index contributed by atoms with van der Waals surface area (Å²) in [5.41, 5.74) is -0.675. The van der Waals surface area contributed by atoms with Gasteiger partial charge in [-0.2, -0.15) is 0 Å². The van der Waals surface area contributed by atoms with Gasteiger partial charge in [-0.15, -0.1) is 0 Å². The molecule has 0 saturated heterocycles. The standard InChI is InChI=1S/C13H7ClF2O2/c14-7-4-5-8(13(17)18)9(6-7)12-10(15)2-1-3-11(12)16/h1-6H,(H,17,18). The molecule has 0 unspecified atom stereocenters. The van der Waals surface area contributed by atoms with E-state index in [1.807, 2.05) is 0 Å². The highest BCUT2D eigenvalue weighted by Crippen LogP contribution is 2.31. The van der Waals surface area contributed by atoms with Crippen molar-refractivity contribution in [3.8, 4) is 11.1 Å². The van der Waals surface area contributed by atoms with Crippen LogP contribution in [0.25, 0.3) is 11.1 Å². The molecule has 2 aromatic rings. The van der Waals surface area contributed by atoms with Gasteiger partial charge in [-0.3, -0.25) is 0 Å². The van der Waals surface area contributed by atoms with Gasteiger partial charge in [-0.1, -0.05) is 17.7 Å². The molecule has 0 heterocycles. The largest absolute Gasteiger partial charge is 0.478 e. The first-order chi connectivity index (χ1) is 8.50. The zero-order chi connectivity index (χ0) is 13.3. The predicted molar refractivity (Wildman–Crippen MR) is 63.8 cm³/mol. The Labute approximate surface area is 106 Å². The molecule has 0 aliphatic rings. The lowest BCUT2D eigenvalue weighted by Crippen LogP contribution is -2.01. The Morgan fingerprint density at radius 1 is 1.11 bits per heavy atom. The van der Waals surface area contributed by atoms with Crippen molar-refractivity contribution in [2.24, 2.45) is 0 Å². The highest BCUT2D eigenvalue weighted by atomic mass is 35.5. The van der Waals surface area contributed by atoms with Gasteiger partial charge < -0.3 is 5.11 Å². The minimum absolute atomic E-state index is 0.0781. The van der Waals surface area contributed by atoms with Crippen LogP contribution in [0.3, 0.4) is 0 Å². The molecular formula is C13H7ClF2O2. The molecule has 0 atom stereocenters. The maximum absolute atomic E-state index is 13.6. The molecule has 92 valence electrons. The Morgan fingerprint density at radius 2 is 1.72 bits per heavy atom. The van der Waals surface area contributed by atoms with Gasteiger partial charge in [0.1, 0.15) is 11.6 Å². The summed E-state index contributed by atoms with van der Waals surface area (Å²) in [5.74, 6) is -2.94. The third kappa shape index (κ3) is 2.19. The lowest BCUT2D eigenvalue weighted by molar-refractivity contribution is 0.0698. The number of aromatic carboxylic acids is 1. The van der Waals surface area contributed by atoms with Crippen molar-refractivity contribution in [3.63, 3.8) is 0 Å². The third-order valence-electron chi connectivity index (χ3n) is 2.44. The average Bonchev–Trinajstić information content (AvgIpc) is 2.28. The Kier molecular flexibility index (Phi) is 3.30. The quantitative estimate of drug-likeness (QED) is 0.894. The summed E-state index contributed by atoms with van der Waals surface area (Å²) in [5, 5.41) is 9.22. The van der Waals surface area contributed by atoms with Crippen molar-refractivity contribution in [3.05, 3.63) is 58.6 Å². The molecule has 0 fully saturated rings. The van der Waals surface area contributed by atoms with Crippen LogP contribution in [0.1, 0.15) is 10.4 Å². The second kappa shape index (κ2) is 4.74. The van der Waals surface area contributed by atoms with E-state index in [0.717, 1.165) is 12.1 Å². The first-order valence-corrected chi connectivity index (χ1v) is 5.35. The Balaban J connectivity index is 2.77. The van der Waals surface area contributed by atoms with E-state index in [9.17, 15) is 13.6 Å². The molecule has 2 aromatic carbocycles. The smallest absolute Gasteiger partial charge is 0.336 e. The molecule has 5 heteroatoms. The van der Waals surface area contributed by atoms with Gasteiger partial charge in [0.25, 0.3) is 0 Å². The van der Waals surface area contributed by atoms with Crippen LogP contribution in [-0.4, -0.2) is 11.1 Å². The van der Waals surface area contributed by atoms with Gasteiger partial charge in [-0.25, -0.2) is 13.6 Å². The fourth-order valence-corrected chi connectivity index (χ4v) is 1.84. The molecule has 0 spiro atoms. The van der Waals surface area contributed by atoms with Gasteiger partial charge in [0.2, 0.25) is 0 Å². The molecule has 2 rings (SSSR count). The summed E-state index contributed by atoms with van der Waals surface area (Å²) >= 11 is 5.74. The second-order valence-corrected chi connectivity index (χ2v) is 4.03. The maximum atomic E-state index is 13.6. The highest BCUT2D eigenvalue weighted by molar-refractivity contribution is 6.31. The molecule has 0 radical (unpaired) electrons. The minimum atomic E-state index is -1.27. The summed E-state index contributed by atoms with van der Waals surface area (Å²) in [7, 11) is 0. The van der Waals surface area contributed by atoms with Crippen molar-refractivity contribution < 1.29 is 18.7 Å². The van der Waals surface area contributed by atoms with E-state index < -0.39 is 23.2 Å². The van der Waals surface area contributed by atoms with Gasteiger partial charge >= 0.3 is 5.97 Å². The summed E-state index contributed by atoms with van der Waals surface area (Å²) in [6.45, 7) is 0. The lowest BCUT2D eigenvalue weighted by Gasteiger charge is -2.09. The van der Waals surface area contributed by atoms with Crippen molar-refractivity contribution in [2.45, 2.75) is 0 Å². The molecule has 0 saturated carbocycles. The Morgan fingerprint density at radius 3 is 2.28 bits per heavy atom. The molecule has 2 nitrogen and oxygen atoms in total. The highest BCUT2D eigenvalue weighted by Gasteiger charge is 2.18. The summed E-state index contributed by atoms with van der Waals surface area (Å²) in [4.78, 5) is 11.0. The number of carboxylic acids is 1. The molecule has 0 aromatic heterocycles. The molecule has 18 heavy (non-hydrogen) atoms. The van der Waals surface area contributed by atoms with Crippen LogP contribution in [0.2, 0.25) is 5.02 Å². The van der Waals surface area contributed by atoms with E-state index in [-0.39, 0.29) is 16.1 Å². The minimum Gasteiger partial charge on any atom is -0.478 e. The Hall–Kier alpha value is -1.94. The van der Waals surface area contributed by atoms with E-state index in [4.69, 9.17) is 16.7 Å². The van der Waals surface area contributed by atoms with Crippen LogP contribution in [0.4, 0.5) is 8.78 Å². The van der Waals surface area contributed by atoms with Crippen LogP contribution in [0, 0.1) is 11.6 Å². The zero-order valence-electron chi connectivity index (χ0n) is 8.95. The number of benzene rings is 2. The SMILES string of the molecule is O=C(O)c1ccc(Cl)cc1-c1c(F)cccc1F. The third-order valence-corrected chi connectivity index (χ3v) is 2.68. The fourth-order valence-electron chi connectivity index (χ4n) is 1.66. The lowest BCUT2D eigenvalue weighted by atomic mass is 9.99. The first-order valence-electron chi connectivity index (χ1n) is 4.98. The molecule has 0 aliphatic carbocycles. The number of rotatable bonds is 2. The van der Waals surface area contributed by atoms with E-state index >= 15 is 0 Å². The Bertz CT molecular complexity index is 606. The van der Waals surface area contributed by atoms with Gasteiger partial charge in [0, 0.05) is 10.6 Å². The van der Waals surface area contributed by atoms with Crippen LogP contribution in [-0.2, 0) is 0 Å². The van der Waals surface area contributed by atoms with Crippen LogP contribution < -0.4 is 0 Å². The normalized spacial score (nSPS) is 10.4. The van der Waals surface area contributed by atoms with Crippen LogP contribution in [0.5, 0.6) is 0 Å². The number of halogens is 3. The summed E-state index contributed by atoms with van der Waals surface area (Å²) < 4.78 is 27.3. The molecule has 1 N–H and O–H groups in total. The van der Waals surface area contributed by atoms with E-state index in [1.165, 1.54) is 24.3 Å². The maximum Gasteiger partial charge on any atom is 0.336 e. The van der Waals surface area contributed by atoms with Crippen molar-refractivity contribution in [2.75, 3.05) is 0 Å².